The Morgan fingerprint density at radius 3 is 2.41 bits per heavy atom. The van der Waals surface area contributed by atoms with Crippen LogP contribution in [-0.4, -0.2) is 35.9 Å². The van der Waals surface area contributed by atoms with Crippen molar-refractivity contribution in [1.82, 2.24) is 14.6 Å². The molecule has 7 nitrogen and oxygen atoms in total. The molecule has 0 aliphatic rings. The van der Waals surface area contributed by atoms with Gasteiger partial charge in [-0.2, -0.15) is 0 Å². The van der Waals surface area contributed by atoms with Crippen LogP contribution < -0.4 is 24.3 Å². The van der Waals surface area contributed by atoms with E-state index in [-0.39, 0.29) is 5.56 Å². The lowest BCUT2D eigenvalue weighted by atomic mass is 10.1. The van der Waals surface area contributed by atoms with Crippen LogP contribution in [0.25, 0.3) is 22.4 Å². The molecule has 0 amide bonds. The van der Waals surface area contributed by atoms with Crippen LogP contribution >= 0.6 is 22.7 Å². The van der Waals surface area contributed by atoms with Crippen molar-refractivity contribution in [1.29, 1.82) is 0 Å². The molecular formula is C18H15N3O4S2. The van der Waals surface area contributed by atoms with Crippen molar-refractivity contribution in [2.24, 2.45) is 0 Å². The number of benzene rings is 1. The Morgan fingerprint density at radius 1 is 1.07 bits per heavy atom. The quantitative estimate of drug-likeness (QED) is 0.511. The summed E-state index contributed by atoms with van der Waals surface area (Å²) in [6.45, 7) is 0. The molecule has 0 bridgehead atoms. The minimum atomic E-state index is -0.155. The molecule has 3 heterocycles. The van der Waals surface area contributed by atoms with Crippen LogP contribution in [0.15, 0.2) is 34.4 Å². The molecule has 27 heavy (non-hydrogen) atoms. The van der Waals surface area contributed by atoms with Crippen molar-refractivity contribution in [2.75, 3.05) is 21.3 Å². The number of methoxy groups -OCH3 is 3. The van der Waals surface area contributed by atoms with E-state index >= 15 is 0 Å². The third kappa shape index (κ3) is 2.94. The fourth-order valence-corrected chi connectivity index (χ4v) is 4.40. The molecule has 138 valence electrons. The van der Waals surface area contributed by atoms with Crippen molar-refractivity contribution in [3.8, 4) is 28.6 Å². The minimum absolute atomic E-state index is 0.155. The molecule has 4 rings (SSSR count). The number of hydrogen-bond acceptors (Lipinski definition) is 8. The van der Waals surface area contributed by atoms with Gasteiger partial charge in [0, 0.05) is 10.4 Å². The van der Waals surface area contributed by atoms with Gasteiger partial charge in [-0.1, -0.05) is 17.4 Å². The van der Waals surface area contributed by atoms with Crippen LogP contribution in [0.2, 0.25) is 0 Å². The molecular weight excluding hydrogens is 386 g/mol. The van der Waals surface area contributed by atoms with E-state index in [1.807, 2.05) is 23.6 Å². The standard InChI is InChI=1S/C18H15N3O4S2/c1-23-12-7-10(8-13(24-2)15(12)25-3)16-19-20-18-21(16)17(22)14(27-18)9-11-5-4-6-26-11/h4-9H,1-3H3/b14-9-. The first-order valence-corrected chi connectivity index (χ1v) is 9.59. The van der Waals surface area contributed by atoms with E-state index in [0.717, 1.165) is 4.88 Å². The van der Waals surface area contributed by atoms with Gasteiger partial charge in [-0.15, -0.1) is 21.5 Å². The van der Waals surface area contributed by atoms with Gasteiger partial charge in [0.2, 0.25) is 10.7 Å². The highest BCUT2D eigenvalue weighted by molar-refractivity contribution is 7.15. The highest BCUT2D eigenvalue weighted by Gasteiger charge is 2.19. The van der Waals surface area contributed by atoms with Crippen LogP contribution in [0.3, 0.4) is 0 Å². The number of hydrogen-bond donors (Lipinski definition) is 0. The normalized spacial score (nSPS) is 11.9. The summed E-state index contributed by atoms with van der Waals surface area (Å²) in [7, 11) is 4.62. The maximum atomic E-state index is 12.9. The van der Waals surface area contributed by atoms with Crippen LogP contribution in [0.4, 0.5) is 0 Å². The van der Waals surface area contributed by atoms with Crippen molar-refractivity contribution in [3.05, 3.63) is 49.4 Å². The van der Waals surface area contributed by atoms with Crippen LogP contribution in [0.5, 0.6) is 17.2 Å². The monoisotopic (exact) mass is 401 g/mol. The molecule has 0 atom stereocenters. The van der Waals surface area contributed by atoms with Gasteiger partial charge in [0.25, 0.3) is 5.56 Å². The van der Waals surface area contributed by atoms with Gasteiger partial charge >= 0.3 is 0 Å². The molecule has 0 spiro atoms. The minimum Gasteiger partial charge on any atom is -0.493 e. The fourth-order valence-electron chi connectivity index (χ4n) is 2.76. The van der Waals surface area contributed by atoms with E-state index in [2.05, 4.69) is 10.2 Å². The lowest BCUT2D eigenvalue weighted by Crippen LogP contribution is -2.23. The van der Waals surface area contributed by atoms with Gasteiger partial charge in [-0.25, -0.2) is 4.40 Å². The van der Waals surface area contributed by atoms with Gasteiger partial charge in [0.05, 0.1) is 25.9 Å². The second-order valence-corrected chi connectivity index (χ2v) is 7.48. The van der Waals surface area contributed by atoms with Gasteiger partial charge in [0.15, 0.2) is 17.3 Å². The third-order valence-electron chi connectivity index (χ3n) is 3.99. The van der Waals surface area contributed by atoms with Crippen molar-refractivity contribution < 1.29 is 14.2 Å². The topological polar surface area (TPSA) is 75.0 Å². The maximum absolute atomic E-state index is 12.9. The van der Waals surface area contributed by atoms with E-state index < -0.39 is 0 Å². The molecule has 0 unspecified atom stereocenters. The molecule has 9 heteroatoms. The molecule has 0 fully saturated rings. The smallest absolute Gasteiger partial charge is 0.276 e. The van der Waals surface area contributed by atoms with E-state index in [9.17, 15) is 4.79 Å². The van der Waals surface area contributed by atoms with E-state index in [4.69, 9.17) is 14.2 Å². The SMILES string of the molecule is COc1cc(-c2nnc3s/c(=C\c4cccs4)c(=O)n23)cc(OC)c1OC. The predicted molar refractivity (Wildman–Crippen MR) is 105 cm³/mol. The van der Waals surface area contributed by atoms with E-state index in [1.54, 1.807) is 23.5 Å². The largest absolute Gasteiger partial charge is 0.493 e. The summed E-state index contributed by atoms with van der Waals surface area (Å²) in [5.41, 5.74) is 0.492. The molecule has 3 aromatic heterocycles. The fraction of sp³-hybridized carbons (Fsp3) is 0.167. The highest BCUT2D eigenvalue weighted by atomic mass is 32.1. The molecule has 0 radical (unpaired) electrons. The first kappa shape index (κ1) is 17.5. The first-order valence-electron chi connectivity index (χ1n) is 7.89. The van der Waals surface area contributed by atoms with Crippen molar-refractivity contribution in [3.63, 3.8) is 0 Å². The summed E-state index contributed by atoms with van der Waals surface area (Å²) in [6, 6.07) is 7.41. The molecule has 0 saturated heterocycles. The number of aromatic nitrogens is 3. The second-order valence-electron chi connectivity index (χ2n) is 5.49. The Balaban J connectivity index is 1.93. The first-order chi connectivity index (χ1) is 13.2. The van der Waals surface area contributed by atoms with Gasteiger partial charge < -0.3 is 14.2 Å². The average molecular weight is 401 g/mol. The Kier molecular flexibility index (Phi) is 4.54. The van der Waals surface area contributed by atoms with Gasteiger partial charge in [-0.3, -0.25) is 4.79 Å². The Morgan fingerprint density at radius 2 is 1.81 bits per heavy atom. The van der Waals surface area contributed by atoms with E-state index in [1.165, 1.54) is 37.1 Å². The summed E-state index contributed by atoms with van der Waals surface area (Å²) in [6.07, 6.45) is 1.87. The third-order valence-corrected chi connectivity index (χ3v) is 5.77. The number of thiophene rings is 1. The van der Waals surface area contributed by atoms with Crippen molar-refractivity contribution >= 4 is 33.7 Å². The zero-order valence-corrected chi connectivity index (χ0v) is 16.4. The Labute approximate surface area is 162 Å². The summed E-state index contributed by atoms with van der Waals surface area (Å²) in [5.74, 6) is 1.87. The lowest BCUT2D eigenvalue weighted by Gasteiger charge is -2.13. The Hall–Kier alpha value is -2.91. The second kappa shape index (κ2) is 7.01. The molecule has 4 aromatic rings. The molecule has 0 N–H and O–H groups in total. The van der Waals surface area contributed by atoms with Gasteiger partial charge in [0.1, 0.15) is 0 Å². The number of fused-ring (bicyclic) bond motifs is 1. The lowest BCUT2D eigenvalue weighted by molar-refractivity contribution is 0.324. The number of rotatable bonds is 5. The summed E-state index contributed by atoms with van der Waals surface area (Å²) in [5, 5.41) is 10.3. The van der Waals surface area contributed by atoms with Crippen molar-refractivity contribution in [2.45, 2.75) is 0 Å². The average Bonchev–Trinajstić information content (AvgIpc) is 3.41. The zero-order chi connectivity index (χ0) is 19.0. The number of thiazole rings is 1. The molecule has 0 saturated carbocycles. The molecule has 0 aliphatic heterocycles. The van der Waals surface area contributed by atoms with E-state index in [0.29, 0.717) is 38.1 Å². The van der Waals surface area contributed by atoms with Crippen LogP contribution in [0.1, 0.15) is 4.88 Å². The summed E-state index contributed by atoms with van der Waals surface area (Å²) >= 11 is 2.88. The van der Waals surface area contributed by atoms with Crippen LogP contribution in [0, 0.1) is 0 Å². The summed E-state index contributed by atoms with van der Waals surface area (Å²) in [4.78, 5) is 14.5. The Bertz CT molecular complexity index is 1190. The summed E-state index contributed by atoms with van der Waals surface area (Å²) < 4.78 is 18.2. The highest BCUT2D eigenvalue weighted by Crippen LogP contribution is 2.40. The predicted octanol–water partition coefficient (Wildman–Crippen LogP) is 2.45. The number of ether oxygens (including phenoxy) is 3. The van der Waals surface area contributed by atoms with Gasteiger partial charge in [-0.05, 0) is 29.7 Å². The molecule has 0 aliphatic carbocycles. The van der Waals surface area contributed by atoms with Crippen LogP contribution in [-0.2, 0) is 0 Å². The molecule has 1 aromatic carbocycles. The zero-order valence-electron chi connectivity index (χ0n) is 14.8. The maximum Gasteiger partial charge on any atom is 0.276 e. The number of nitrogens with zero attached hydrogens (tertiary/aromatic N) is 3.